The van der Waals surface area contributed by atoms with E-state index in [1.165, 1.54) is 0 Å². The third-order valence-electron chi connectivity index (χ3n) is 6.85. The molecule has 2 amide bonds. The van der Waals surface area contributed by atoms with Crippen LogP contribution in [-0.2, 0) is 9.59 Å². The predicted molar refractivity (Wildman–Crippen MR) is 151 cm³/mol. The highest BCUT2D eigenvalue weighted by Crippen LogP contribution is 2.31. The Bertz CT molecular complexity index is 1100. The number of quaternary nitrogens is 1. The van der Waals surface area contributed by atoms with E-state index in [1.807, 2.05) is 90.1 Å². The van der Waals surface area contributed by atoms with Gasteiger partial charge in [0.15, 0.2) is 0 Å². The maximum atomic E-state index is 13.6. The molecule has 38 heavy (non-hydrogen) atoms. The van der Waals surface area contributed by atoms with Crippen LogP contribution in [0, 0.1) is 22.2 Å². The highest BCUT2D eigenvalue weighted by atomic mass is 16.5. The summed E-state index contributed by atoms with van der Waals surface area (Å²) in [5, 5.41) is 10.6. The molecule has 3 rings (SSSR count). The fourth-order valence-corrected chi connectivity index (χ4v) is 5.15. The summed E-state index contributed by atoms with van der Waals surface area (Å²) >= 11 is 0. The van der Waals surface area contributed by atoms with Gasteiger partial charge in [-0.05, 0) is 46.2 Å². The van der Waals surface area contributed by atoms with Gasteiger partial charge in [-0.3, -0.25) is 9.59 Å². The smallest absolute Gasteiger partial charge is 0.276 e. The zero-order valence-electron chi connectivity index (χ0n) is 24.0. The fraction of sp³-hybridized carbons (Fsp3) is 0.531. The Morgan fingerprint density at radius 1 is 0.842 bits per heavy atom. The minimum Gasteiger partial charge on any atom is -0.493 e. The Morgan fingerprint density at radius 3 is 1.76 bits per heavy atom. The largest absolute Gasteiger partial charge is 0.493 e. The summed E-state index contributed by atoms with van der Waals surface area (Å²) in [6, 6.07) is 17.6. The first kappa shape index (κ1) is 29.4. The molecule has 1 heterocycles. The number of rotatable bonds is 9. The highest BCUT2D eigenvalue weighted by Gasteiger charge is 2.46. The van der Waals surface area contributed by atoms with Gasteiger partial charge in [0.25, 0.3) is 11.8 Å². The number of carbonyl (C=O) groups is 2. The predicted octanol–water partition coefficient (Wildman–Crippen LogP) is 6.75. The van der Waals surface area contributed by atoms with E-state index in [2.05, 4.69) is 6.07 Å². The van der Waals surface area contributed by atoms with Crippen molar-refractivity contribution in [2.75, 3.05) is 26.2 Å². The van der Waals surface area contributed by atoms with Crippen LogP contribution in [0.1, 0.15) is 79.2 Å². The Morgan fingerprint density at radius 2 is 1.32 bits per heavy atom. The Kier molecular flexibility index (Phi) is 9.38. The van der Waals surface area contributed by atoms with Gasteiger partial charge in [0.1, 0.15) is 25.4 Å². The van der Waals surface area contributed by atoms with E-state index in [0.717, 1.165) is 49.2 Å². The lowest BCUT2D eigenvalue weighted by Crippen LogP contribution is -2.64. The maximum Gasteiger partial charge on any atom is 0.276 e. The number of ether oxygens (including phenoxy) is 1. The van der Waals surface area contributed by atoms with Crippen LogP contribution in [0.3, 0.4) is 0 Å². The molecule has 0 bridgehead atoms. The minimum atomic E-state index is -0.186. The van der Waals surface area contributed by atoms with Crippen molar-refractivity contribution in [3.63, 3.8) is 0 Å². The minimum absolute atomic E-state index is 0.0621. The number of nitrogens with zero attached hydrogens (tertiary/aromatic N) is 3. The summed E-state index contributed by atoms with van der Waals surface area (Å²) in [6.07, 6.45) is 3.48. The number of nitriles is 1. The molecule has 0 aromatic heterocycles. The van der Waals surface area contributed by atoms with Crippen molar-refractivity contribution in [3.05, 3.63) is 54.1 Å². The van der Waals surface area contributed by atoms with Crippen molar-refractivity contribution in [1.29, 1.82) is 5.26 Å². The van der Waals surface area contributed by atoms with Gasteiger partial charge in [0, 0.05) is 32.1 Å². The second-order valence-corrected chi connectivity index (χ2v) is 13.0. The van der Waals surface area contributed by atoms with Gasteiger partial charge in [0.05, 0.1) is 18.2 Å². The van der Waals surface area contributed by atoms with E-state index >= 15 is 0 Å². The number of hydrogen-bond donors (Lipinski definition) is 0. The molecule has 2 aromatic carbocycles. The van der Waals surface area contributed by atoms with E-state index in [1.54, 1.807) is 5.01 Å². The standard InChI is InChI=1S/C32H44N3O3/c1-31(2,3)22-29(36)34(30(37)23-32(4,5)6)35(18-7-8-19-35)20-9-21-38-28-16-14-27(15-17-28)26-12-10-25(24-33)11-13-26/h10-17H,7-9,18-23H2,1-6H3/q+1. The first-order valence-electron chi connectivity index (χ1n) is 13.8. The number of imide groups is 1. The van der Waals surface area contributed by atoms with Gasteiger partial charge in [-0.2, -0.15) is 5.26 Å². The van der Waals surface area contributed by atoms with Crippen molar-refractivity contribution < 1.29 is 18.9 Å². The van der Waals surface area contributed by atoms with E-state index in [9.17, 15) is 9.59 Å². The summed E-state index contributed by atoms with van der Waals surface area (Å²) in [4.78, 5) is 27.1. The van der Waals surface area contributed by atoms with Gasteiger partial charge < -0.3 is 4.74 Å². The van der Waals surface area contributed by atoms with Crippen LogP contribution in [0.4, 0.5) is 0 Å². The molecule has 2 aromatic rings. The van der Waals surface area contributed by atoms with E-state index in [0.29, 0.717) is 36.1 Å². The molecule has 1 saturated heterocycles. The second-order valence-electron chi connectivity index (χ2n) is 13.0. The number of benzene rings is 2. The molecule has 204 valence electrons. The Hall–Kier alpha value is -3.17. The van der Waals surface area contributed by atoms with Crippen LogP contribution in [0.25, 0.3) is 11.1 Å². The molecule has 1 fully saturated rings. The monoisotopic (exact) mass is 518 g/mol. The molecule has 1 aliphatic heterocycles. The van der Waals surface area contributed by atoms with Crippen LogP contribution in [0.2, 0.25) is 0 Å². The van der Waals surface area contributed by atoms with Gasteiger partial charge in [0.2, 0.25) is 0 Å². The fourth-order valence-electron chi connectivity index (χ4n) is 5.15. The van der Waals surface area contributed by atoms with E-state index in [4.69, 9.17) is 10.00 Å². The van der Waals surface area contributed by atoms with Crippen LogP contribution in [-0.4, -0.2) is 47.7 Å². The van der Waals surface area contributed by atoms with Crippen molar-refractivity contribution in [2.24, 2.45) is 10.8 Å². The molecule has 0 N–H and O–H groups in total. The third-order valence-corrected chi connectivity index (χ3v) is 6.85. The molecule has 0 spiro atoms. The SMILES string of the molecule is CC(C)(C)CC(=O)N(C(=O)CC(C)(C)C)[N+]1(CCCOc2ccc(-c3ccc(C#N)cc3)cc2)CCCC1. The molecule has 0 unspecified atom stereocenters. The summed E-state index contributed by atoms with van der Waals surface area (Å²) in [5.74, 6) is 0.667. The first-order chi connectivity index (χ1) is 17.8. The summed E-state index contributed by atoms with van der Waals surface area (Å²) < 4.78 is 6.48. The molecule has 0 radical (unpaired) electrons. The summed E-state index contributed by atoms with van der Waals surface area (Å²) in [7, 11) is 0. The second kappa shape index (κ2) is 12.1. The molecule has 1 aliphatic rings. The van der Waals surface area contributed by atoms with Crippen molar-refractivity contribution in [3.8, 4) is 22.9 Å². The number of likely N-dealkylation sites (tertiary alicyclic amines) is 1. The average molecular weight is 519 g/mol. The van der Waals surface area contributed by atoms with Crippen LogP contribution < -0.4 is 4.74 Å². The molecule has 0 saturated carbocycles. The molecule has 6 nitrogen and oxygen atoms in total. The lowest BCUT2D eigenvalue weighted by molar-refractivity contribution is -1.00. The van der Waals surface area contributed by atoms with Crippen molar-refractivity contribution in [1.82, 2.24) is 5.01 Å². The molecule has 0 aliphatic carbocycles. The summed E-state index contributed by atoms with van der Waals surface area (Å²) in [6.45, 7) is 15.1. The van der Waals surface area contributed by atoms with Crippen LogP contribution >= 0.6 is 0 Å². The van der Waals surface area contributed by atoms with Gasteiger partial charge in [-0.25, -0.2) is 4.59 Å². The number of hydrogen-bond acceptors (Lipinski definition) is 4. The van der Waals surface area contributed by atoms with Crippen LogP contribution in [0.5, 0.6) is 5.75 Å². The molecule has 6 heteroatoms. The van der Waals surface area contributed by atoms with Crippen LogP contribution in [0.15, 0.2) is 48.5 Å². The maximum absolute atomic E-state index is 13.6. The third kappa shape index (κ3) is 8.16. The quantitative estimate of drug-likeness (QED) is 0.272. The topological polar surface area (TPSA) is 70.4 Å². The Labute approximate surface area is 228 Å². The lowest BCUT2D eigenvalue weighted by atomic mass is 9.90. The zero-order chi connectivity index (χ0) is 28.0. The number of amides is 2. The lowest BCUT2D eigenvalue weighted by Gasteiger charge is -2.42. The van der Waals surface area contributed by atoms with Gasteiger partial charge in [-0.15, -0.1) is 5.01 Å². The van der Waals surface area contributed by atoms with E-state index < -0.39 is 0 Å². The zero-order valence-corrected chi connectivity index (χ0v) is 24.0. The number of carbonyl (C=O) groups excluding carboxylic acids is 2. The molecular weight excluding hydrogens is 474 g/mol. The van der Waals surface area contributed by atoms with Crippen molar-refractivity contribution >= 4 is 11.8 Å². The van der Waals surface area contributed by atoms with Gasteiger partial charge >= 0.3 is 0 Å². The highest BCUT2D eigenvalue weighted by molar-refractivity contribution is 5.94. The molecule has 0 atom stereocenters. The van der Waals surface area contributed by atoms with E-state index in [-0.39, 0.29) is 22.6 Å². The molecular formula is C32H44N3O3+. The van der Waals surface area contributed by atoms with Gasteiger partial charge in [-0.1, -0.05) is 65.8 Å². The summed E-state index contributed by atoms with van der Waals surface area (Å²) in [5.41, 5.74) is 2.39. The first-order valence-corrected chi connectivity index (χ1v) is 13.8. The normalized spacial score (nSPS) is 15.1. The van der Waals surface area contributed by atoms with Crippen molar-refractivity contribution in [2.45, 2.75) is 73.6 Å². The average Bonchev–Trinajstić information content (AvgIpc) is 3.29. The Balaban J connectivity index is 1.67.